The van der Waals surface area contributed by atoms with Crippen LogP contribution in [-0.2, 0) is 16.9 Å². The zero-order valence-corrected chi connectivity index (χ0v) is 20.9. The maximum Gasteiger partial charge on any atom is 0.252 e. The van der Waals surface area contributed by atoms with Gasteiger partial charge in [-0.2, -0.15) is 0 Å². The number of ether oxygens (including phenoxy) is 2. The third-order valence-electron chi connectivity index (χ3n) is 6.44. The van der Waals surface area contributed by atoms with Gasteiger partial charge in [-0.3, -0.25) is 4.79 Å². The highest BCUT2D eigenvalue weighted by atomic mass is 35.5. The summed E-state index contributed by atoms with van der Waals surface area (Å²) in [6.07, 6.45) is 1.39. The first-order chi connectivity index (χ1) is 15.6. The molecule has 33 heavy (non-hydrogen) atoms. The van der Waals surface area contributed by atoms with Crippen LogP contribution >= 0.6 is 23.2 Å². The molecule has 8 heteroatoms. The fraction of sp³-hybridized carbons (Fsp3) is 0.480. The molecule has 0 spiro atoms. The summed E-state index contributed by atoms with van der Waals surface area (Å²) in [6, 6.07) is 10.7. The van der Waals surface area contributed by atoms with Crippen molar-refractivity contribution in [3.8, 4) is 5.75 Å². The minimum atomic E-state index is -0.915. The van der Waals surface area contributed by atoms with Gasteiger partial charge >= 0.3 is 0 Å². The molecular formula is C25H32Cl2N2O4. The first-order valence-electron chi connectivity index (χ1n) is 11.0. The number of rotatable bonds is 9. The standard InChI is InChI=1S/C25H32Cl2N2O4/c1-24(2)16-29(11-9-25(24,31)18-5-7-19(26)8-6-18)10-4-12-33-22-13-17(15-32-3)21(27)14-20(22)23(28)30/h5-8,13-14,31H,4,9-12,15-16H2,1-3H3,(H2,28,30). The van der Waals surface area contributed by atoms with Gasteiger partial charge in [-0.1, -0.05) is 49.2 Å². The molecule has 2 aromatic carbocycles. The summed E-state index contributed by atoms with van der Waals surface area (Å²) in [5.41, 5.74) is 6.12. The van der Waals surface area contributed by atoms with Crippen LogP contribution in [-0.4, -0.2) is 49.3 Å². The van der Waals surface area contributed by atoms with Crippen LogP contribution in [0.2, 0.25) is 10.0 Å². The van der Waals surface area contributed by atoms with E-state index in [2.05, 4.69) is 18.7 Å². The zero-order chi connectivity index (χ0) is 24.2. The molecule has 3 N–H and O–H groups in total. The lowest BCUT2D eigenvalue weighted by Gasteiger charge is -2.50. The fourth-order valence-corrected chi connectivity index (χ4v) is 4.87. The molecule has 0 saturated carbocycles. The molecule has 1 aliphatic heterocycles. The van der Waals surface area contributed by atoms with Crippen molar-refractivity contribution >= 4 is 29.1 Å². The number of hydrogen-bond donors (Lipinski definition) is 2. The van der Waals surface area contributed by atoms with Gasteiger partial charge in [-0.05, 0) is 42.7 Å². The van der Waals surface area contributed by atoms with Gasteiger partial charge in [0.2, 0.25) is 0 Å². The van der Waals surface area contributed by atoms with Crippen LogP contribution in [0.4, 0.5) is 0 Å². The number of aliphatic hydroxyl groups is 1. The lowest BCUT2D eigenvalue weighted by molar-refractivity contribution is -0.125. The highest BCUT2D eigenvalue weighted by Gasteiger charge is 2.48. The van der Waals surface area contributed by atoms with Gasteiger partial charge in [0.25, 0.3) is 5.91 Å². The van der Waals surface area contributed by atoms with E-state index in [9.17, 15) is 9.90 Å². The second kappa shape index (κ2) is 10.6. The zero-order valence-electron chi connectivity index (χ0n) is 19.4. The number of likely N-dealkylation sites (tertiary alicyclic amines) is 1. The molecule has 2 aromatic rings. The van der Waals surface area contributed by atoms with Gasteiger partial charge in [0, 0.05) is 47.8 Å². The third-order valence-corrected chi connectivity index (χ3v) is 7.04. The SMILES string of the molecule is COCc1cc(OCCCN2CCC(O)(c3ccc(Cl)cc3)C(C)(C)C2)c(C(N)=O)cc1Cl. The van der Waals surface area contributed by atoms with Crippen LogP contribution in [0.5, 0.6) is 5.75 Å². The number of nitrogens with zero attached hydrogens (tertiary/aromatic N) is 1. The van der Waals surface area contributed by atoms with Gasteiger partial charge in [-0.15, -0.1) is 0 Å². The first-order valence-corrected chi connectivity index (χ1v) is 11.8. The van der Waals surface area contributed by atoms with Gasteiger partial charge in [0.1, 0.15) is 5.75 Å². The van der Waals surface area contributed by atoms with Gasteiger partial charge in [-0.25, -0.2) is 0 Å². The number of piperidine rings is 1. The minimum Gasteiger partial charge on any atom is -0.493 e. The molecule has 1 unspecified atom stereocenters. The summed E-state index contributed by atoms with van der Waals surface area (Å²) in [7, 11) is 1.58. The lowest BCUT2D eigenvalue weighted by atomic mass is 9.66. The van der Waals surface area contributed by atoms with Crippen molar-refractivity contribution in [3.63, 3.8) is 0 Å². The maximum absolute atomic E-state index is 11.8. The number of amides is 1. The summed E-state index contributed by atoms with van der Waals surface area (Å²) in [6.45, 7) is 7.25. The molecule has 180 valence electrons. The van der Waals surface area contributed by atoms with Crippen LogP contribution < -0.4 is 10.5 Å². The number of nitrogens with two attached hydrogens (primary N) is 1. The molecule has 3 rings (SSSR count). The summed E-state index contributed by atoms with van der Waals surface area (Å²) >= 11 is 12.2. The smallest absolute Gasteiger partial charge is 0.252 e. The Bertz CT molecular complexity index is 981. The molecule has 0 aliphatic carbocycles. The van der Waals surface area contributed by atoms with E-state index in [1.807, 2.05) is 24.3 Å². The van der Waals surface area contributed by atoms with Crippen LogP contribution in [0.25, 0.3) is 0 Å². The molecule has 0 aromatic heterocycles. The number of carbonyl (C=O) groups excluding carboxylic acids is 1. The Labute approximate surface area is 205 Å². The van der Waals surface area contributed by atoms with Crippen LogP contribution in [0, 0.1) is 5.41 Å². The number of halogens is 2. The van der Waals surface area contributed by atoms with E-state index >= 15 is 0 Å². The van der Waals surface area contributed by atoms with Crippen LogP contribution in [0.3, 0.4) is 0 Å². The average Bonchev–Trinajstić information content (AvgIpc) is 2.75. The minimum absolute atomic E-state index is 0.256. The quantitative estimate of drug-likeness (QED) is 0.496. The maximum atomic E-state index is 11.8. The Kier molecular flexibility index (Phi) is 8.30. The van der Waals surface area contributed by atoms with Crippen LogP contribution in [0.15, 0.2) is 36.4 Å². The van der Waals surface area contributed by atoms with Crippen molar-refractivity contribution in [3.05, 3.63) is 63.1 Å². The van der Waals surface area contributed by atoms with Crippen molar-refractivity contribution in [2.45, 2.75) is 38.9 Å². The highest BCUT2D eigenvalue weighted by molar-refractivity contribution is 6.32. The van der Waals surface area contributed by atoms with E-state index in [4.69, 9.17) is 38.4 Å². The third kappa shape index (κ3) is 5.81. The molecule has 0 bridgehead atoms. The van der Waals surface area contributed by atoms with Crippen LogP contribution in [0.1, 0.15) is 48.2 Å². The largest absolute Gasteiger partial charge is 0.493 e. The van der Waals surface area contributed by atoms with Crippen molar-refractivity contribution in [2.75, 3.05) is 33.4 Å². The number of primary amides is 1. The molecule has 1 atom stereocenters. The lowest BCUT2D eigenvalue weighted by Crippen LogP contribution is -2.55. The van der Waals surface area contributed by atoms with Gasteiger partial charge in [0.05, 0.1) is 24.4 Å². The molecule has 1 heterocycles. The molecule has 1 amide bonds. The molecule has 6 nitrogen and oxygen atoms in total. The second-order valence-electron chi connectivity index (χ2n) is 9.22. The number of carbonyl (C=O) groups is 1. The van der Waals surface area contributed by atoms with Crippen molar-refractivity contribution < 1.29 is 19.4 Å². The average molecular weight is 495 g/mol. The Morgan fingerprint density at radius 3 is 2.52 bits per heavy atom. The number of benzene rings is 2. The molecular weight excluding hydrogens is 463 g/mol. The Balaban J connectivity index is 1.59. The van der Waals surface area contributed by atoms with Crippen molar-refractivity contribution in [1.29, 1.82) is 0 Å². The fourth-order valence-electron chi connectivity index (χ4n) is 4.52. The van der Waals surface area contributed by atoms with Gasteiger partial charge < -0.3 is 25.2 Å². The van der Waals surface area contributed by atoms with Crippen molar-refractivity contribution in [1.82, 2.24) is 4.90 Å². The van der Waals surface area contributed by atoms with Gasteiger partial charge in [0.15, 0.2) is 0 Å². The van der Waals surface area contributed by atoms with E-state index in [0.29, 0.717) is 35.4 Å². The normalized spacial score (nSPS) is 20.5. The van der Waals surface area contributed by atoms with Crippen molar-refractivity contribution in [2.24, 2.45) is 11.1 Å². The molecule has 0 radical (unpaired) electrons. The summed E-state index contributed by atoms with van der Waals surface area (Å²) < 4.78 is 11.1. The summed E-state index contributed by atoms with van der Waals surface area (Å²) in [4.78, 5) is 14.1. The summed E-state index contributed by atoms with van der Waals surface area (Å²) in [5, 5.41) is 12.6. The monoisotopic (exact) mass is 494 g/mol. The molecule has 1 aliphatic rings. The number of hydrogen-bond acceptors (Lipinski definition) is 5. The Morgan fingerprint density at radius 2 is 1.91 bits per heavy atom. The van der Waals surface area contributed by atoms with E-state index in [1.165, 1.54) is 6.07 Å². The molecule has 1 fully saturated rings. The Hall–Kier alpha value is -1.83. The van der Waals surface area contributed by atoms with E-state index in [-0.39, 0.29) is 11.0 Å². The predicted molar refractivity (Wildman–Crippen MR) is 131 cm³/mol. The Morgan fingerprint density at radius 1 is 1.21 bits per heavy atom. The van der Waals surface area contributed by atoms with E-state index < -0.39 is 11.5 Å². The highest BCUT2D eigenvalue weighted by Crippen LogP contribution is 2.46. The number of methoxy groups -OCH3 is 1. The summed E-state index contributed by atoms with van der Waals surface area (Å²) in [5.74, 6) is -0.176. The topological polar surface area (TPSA) is 85.0 Å². The predicted octanol–water partition coefficient (Wildman–Crippen LogP) is 4.63. The van der Waals surface area contributed by atoms with E-state index in [0.717, 1.165) is 37.2 Å². The van der Waals surface area contributed by atoms with E-state index in [1.54, 1.807) is 13.2 Å². The second-order valence-corrected chi connectivity index (χ2v) is 10.1. The molecule has 1 saturated heterocycles. The first kappa shape index (κ1) is 25.8.